The van der Waals surface area contributed by atoms with E-state index >= 15 is 0 Å². The van der Waals surface area contributed by atoms with Gasteiger partial charge in [-0.2, -0.15) is 0 Å². The van der Waals surface area contributed by atoms with Crippen LogP contribution in [0, 0.1) is 0 Å². The van der Waals surface area contributed by atoms with Crippen molar-refractivity contribution in [2.45, 2.75) is 39.3 Å². The maximum atomic E-state index is 6.01. The van der Waals surface area contributed by atoms with Gasteiger partial charge in [-0.1, -0.05) is 50.2 Å². The predicted octanol–water partition coefficient (Wildman–Crippen LogP) is 4.19. The van der Waals surface area contributed by atoms with Gasteiger partial charge in [0.05, 0.1) is 6.54 Å². The van der Waals surface area contributed by atoms with Crippen molar-refractivity contribution in [1.82, 2.24) is 4.90 Å². The van der Waals surface area contributed by atoms with Crippen molar-refractivity contribution < 1.29 is 0 Å². The second-order valence-electron chi connectivity index (χ2n) is 6.81. The van der Waals surface area contributed by atoms with E-state index in [2.05, 4.69) is 91.7 Å². The summed E-state index contributed by atoms with van der Waals surface area (Å²) >= 11 is 0. The van der Waals surface area contributed by atoms with Crippen molar-refractivity contribution in [3.05, 3.63) is 65.2 Å². The number of benzene rings is 2. The molecule has 25 heavy (non-hydrogen) atoms. The molecule has 0 amide bonds. The number of nitrogens with two attached hydrogens (primary N) is 1. The van der Waals surface area contributed by atoms with Crippen LogP contribution in [0.4, 0.5) is 5.69 Å². The Hall–Kier alpha value is -2.33. The van der Waals surface area contributed by atoms with E-state index in [4.69, 9.17) is 5.73 Å². The number of aliphatic imine (C=N–C) groups is 1. The lowest BCUT2D eigenvalue weighted by molar-refractivity contribution is 0.402. The van der Waals surface area contributed by atoms with Crippen molar-refractivity contribution in [1.29, 1.82) is 0 Å². The van der Waals surface area contributed by atoms with Crippen molar-refractivity contribution in [3.8, 4) is 0 Å². The van der Waals surface area contributed by atoms with Crippen LogP contribution in [-0.4, -0.2) is 25.0 Å². The molecule has 1 atom stereocenters. The summed E-state index contributed by atoms with van der Waals surface area (Å²) < 4.78 is 0. The fourth-order valence-corrected chi connectivity index (χ4v) is 2.61. The minimum absolute atomic E-state index is 0.439. The lowest BCUT2D eigenvalue weighted by atomic mass is 9.99. The van der Waals surface area contributed by atoms with Gasteiger partial charge in [0.1, 0.15) is 0 Å². The Labute approximate surface area is 151 Å². The van der Waals surface area contributed by atoms with E-state index in [1.165, 1.54) is 11.1 Å². The van der Waals surface area contributed by atoms with Crippen LogP contribution < -0.4 is 11.1 Å². The molecule has 0 saturated carbocycles. The van der Waals surface area contributed by atoms with Crippen LogP contribution in [0.3, 0.4) is 0 Å². The largest absolute Gasteiger partial charge is 0.370 e. The minimum atomic E-state index is 0.439. The number of nitrogens with zero attached hydrogens (tertiary/aromatic N) is 2. The van der Waals surface area contributed by atoms with Gasteiger partial charge in [0.15, 0.2) is 5.96 Å². The molecule has 0 aliphatic carbocycles. The molecule has 2 aromatic carbocycles. The summed E-state index contributed by atoms with van der Waals surface area (Å²) in [6.07, 6.45) is 1.14. The van der Waals surface area contributed by atoms with Gasteiger partial charge in [-0.15, -0.1) is 0 Å². The van der Waals surface area contributed by atoms with E-state index < -0.39 is 0 Å². The maximum Gasteiger partial charge on any atom is 0.193 e. The zero-order valence-electron chi connectivity index (χ0n) is 15.8. The molecule has 3 N–H and O–H groups in total. The van der Waals surface area contributed by atoms with Gasteiger partial charge in [-0.25, -0.2) is 4.99 Å². The standard InChI is InChI=1S/C21H30N4/c1-5-16(2)19-10-12-20(13-11-19)24-21(22)23-14-17-6-8-18(9-7-17)15-25(3)4/h6-13,16H,5,14-15H2,1-4H3,(H3,22,23,24). The van der Waals surface area contributed by atoms with Crippen LogP contribution in [-0.2, 0) is 13.1 Å². The molecular formula is C21H30N4. The van der Waals surface area contributed by atoms with E-state index in [0.717, 1.165) is 24.2 Å². The molecule has 0 bridgehead atoms. The fraction of sp³-hybridized carbons (Fsp3) is 0.381. The van der Waals surface area contributed by atoms with Crippen molar-refractivity contribution >= 4 is 11.6 Å². The highest BCUT2D eigenvalue weighted by atomic mass is 15.1. The van der Waals surface area contributed by atoms with Gasteiger partial charge in [0.25, 0.3) is 0 Å². The SMILES string of the molecule is CCC(C)c1ccc(NC(N)=NCc2ccc(CN(C)C)cc2)cc1. The highest BCUT2D eigenvalue weighted by Crippen LogP contribution is 2.20. The third kappa shape index (κ3) is 6.24. The molecule has 2 rings (SSSR count). The van der Waals surface area contributed by atoms with E-state index in [1.807, 2.05) is 0 Å². The number of anilines is 1. The van der Waals surface area contributed by atoms with Crippen LogP contribution in [0.1, 0.15) is 42.9 Å². The summed E-state index contributed by atoms with van der Waals surface area (Å²) in [4.78, 5) is 6.58. The molecule has 0 aliphatic rings. The second-order valence-corrected chi connectivity index (χ2v) is 6.81. The Bertz CT molecular complexity index is 672. The van der Waals surface area contributed by atoms with Crippen LogP contribution >= 0.6 is 0 Å². The fourth-order valence-electron chi connectivity index (χ4n) is 2.61. The van der Waals surface area contributed by atoms with Gasteiger partial charge < -0.3 is 16.0 Å². The Morgan fingerprint density at radius 1 is 1.04 bits per heavy atom. The van der Waals surface area contributed by atoms with E-state index in [9.17, 15) is 0 Å². The topological polar surface area (TPSA) is 53.6 Å². The smallest absolute Gasteiger partial charge is 0.193 e. The summed E-state index contributed by atoms with van der Waals surface area (Å²) in [5.41, 5.74) is 10.8. The van der Waals surface area contributed by atoms with Crippen molar-refractivity contribution in [2.75, 3.05) is 19.4 Å². The normalized spacial score (nSPS) is 13.1. The Morgan fingerprint density at radius 2 is 1.64 bits per heavy atom. The first kappa shape index (κ1) is 19.0. The molecule has 0 aromatic heterocycles. The van der Waals surface area contributed by atoms with Crippen molar-refractivity contribution in [3.63, 3.8) is 0 Å². The van der Waals surface area contributed by atoms with Gasteiger partial charge in [-0.05, 0) is 55.3 Å². The number of rotatable bonds is 7. The molecule has 2 aromatic rings. The molecule has 0 radical (unpaired) electrons. The molecule has 134 valence electrons. The molecular weight excluding hydrogens is 308 g/mol. The minimum Gasteiger partial charge on any atom is -0.370 e. The van der Waals surface area contributed by atoms with E-state index in [0.29, 0.717) is 18.4 Å². The van der Waals surface area contributed by atoms with Gasteiger partial charge >= 0.3 is 0 Å². The Kier molecular flexibility index (Phi) is 7.02. The average molecular weight is 338 g/mol. The molecule has 0 saturated heterocycles. The number of hydrogen-bond donors (Lipinski definition) is 2. The van der Waals surface area contributed by atoms with Crippen LogP contribution in [0.2, 0.25) is 0 Å². The zero-order valence-corrected chi connectivity index (χ0v) is 15.8. The zero-order chi connectivity index (χ0) is 18.2. The molecule has 0 spiro atoms. The van der Waals surface area contributed by atoms with Crippen molar-refractivity contribution in [2.24, 2.45) is 10.7 Å². The third-order valence-corrected chi connectivity index (χ3v) is 4.32. The summed E-state index contributed by atoms with van der Waals surface area (Å²) in [5, 5.41) is 3.15. The first-order valence-corrected chi connectivity index (χ1v) is 8.87. The van der Waals surface area contributed by atoms with Gasteiger partial charge in [0, 0.05) is 12.2 Å². The third-order valence-electron chi connectivity index (χ3n) is 4.32. The predicted molar refractivity (Wildman–Crippen MR) is 108 cm³/mol. The molecule has 4 nitrogen and oxygen atoms in total. The van der Waals surface area contributed by atoms with Crippen LogP contribution in [0.15, 0.2) is 53.5 Å². The molecule has 0 fully saturated rings. The Balaban J connectivity index is 1.90. The molecule has 0 aliphatic heterocycles. The Morgan fingerprint density at radius 3 is 2.20 bits per heavy atom. The maximum absolute atomic E-state index is 6.01. The van der Waals surface area contributed by atoms with Gasteiger partial charge in [0.2, 0.25) is 0 Å². The molecule has 4 heteroatoms. The van der Waals surface area contributed by atoms with Crippen LogP contribution in [0.5, 0.6) is 0 Å². The number of nitrogens with one attached hydrogen (secondary N) is 1. The highest BCUT2D eigenvalue weighted by molar-refractivity contribution is 5.92. The summed E-state index contributed by atoms with van der Waals surface area (Å²) in [6.45, 7) is 5.96. The highest BCUT2D eigenvalue weighted by Gasteiger charge is 2.03. The quantitative estimate of drug-likeness (QED) is 0.588. The van der Waals surface area contributed by atoms with E-state index in [-0.39, 0.29) is 0 Å². The average Bonchev–Trinajstić information content (AvgIpc) is 2.60. The second kappa shape index (κ2) is 9.23. The summed E-state index contributed by atoms with van der Waals surface area (Å²) in [6, 6.07) is 16.9. The number of guanidine groups is 1. The monoisotopic (exact) mass is 338 g/mol. The first-order valence-electron chi connectivity index (χ1n) is 8.87. The summed E-state index contributed by atoms with van der Waals surface area (Å²) in [7, 11) is 4.14. The molecule has 0 heterocycles. The summed E-state index contributed by atoms with van der Waals surface area (Å²) in [5.74, 6) is 1.02. The van der Waals surface area contributed by atoms with Gasteiger partial charge in [-0.3, -0.25) is 0 Å². The van der Waals surface area contributed by atoms with Crippen LogP contribution in [0.25, 0.3) is 0 Å². The lowest BCUT2D eigenvalue weighted by Crippen LogP contribution is -2.22. The number of hydrogen-bond acceptors (Lipinski definition) is 2. The molecule has 1 unspecified atom stereocenters. The lowest BCUT2D eigenvalue weighted by Gasteiger charge is -2.11. The van der Waals surface area contributed by atoms with E-state index in [1.54, 1.807) is 0 Å². The first-order chi connectivity index (χ1) is 12.0.